The Labute approximate surface area is 200 Å². The highest BCUT2D eigenvalue weighted by molar-refractivity contribution is 6.04. The molecule has 1 aliphatic carbocycles. The first-order valence-corrected chi connectivity index (χ1v) is 11.5. The lowest BCUT2D eigenvalue weighted by Gasteiger charge is -2.36. The number of rotatable bonds is 3. The summed E-state index contributed by atoms with van der Waals surface area (Å²) in [5, 5.41) is 11.2. The van der Waals surface area contributed by atoms with E-state index >= 15 is 0 Å². The minimum Gasteiger partial charge on any atom is -0.475 e. The number of carbonyl (C=O) groups is 2. The van der Waals surface area contributed by atoms with Crippen LogP contribution < -0.4 is 5.32 Å². The molecular formula is C26H26F3N3O3. The molecule has 1 aromatic heterocycles. The number of para-hydroxylation sites is 1. The van der Waals surface area contributed by atoms with E-state index in [1.54, 1.807) is 6.07 Å². The van der Waals surface area contributed by atoms with Gasteiger partial charge in [-0.2, -0.15) is 13.2 Å². The molecule has 0 unspecified atom stereocenters. The standard InChI is InChI=1S/C24H25N3O.C2HF3O2/c28-24(23-11-9-18-4-1-2-7-22(18)26-23)25-20-10-8-17-12-14-27(21-5-3-6-21)15-13-19(17)16-20;3-2(4,5)1(6)7/h1-2,4,7-11,16,21H,3,5-6,12-15H2,(H,25,28);(H,6,7). The van der Waals surface area contributed by atoms with Crippen molar-refractivity contribution in [1.29, 1.82) is 0 Å². The first-order chi connectivity index (χ1) is 16.7. The van der Waals surface area contributed by atoms with Gasteiger partial charge < -0.3 is 10.4 Å². The van der Waals surface area contributed by atoms with Crippen LogP contribution in [0.25, 0.3) is 10.9 Å². The van der Waals surface area contributed by atoms with E-state index in [0.717, 1.165) is 48.6 Å². The number of nitrogens with one attached hydrogen (secondary N) is 1. The number of nitrogens with zero attached hydrogens (tertiary/aromatic N) is 2. The molecule has 2 heterocycles. The quantitative estimate of drug-likeness (QED) is 0.541. The molecule has 2 aromatic carbocycles. The van der Waals surface area contributed by atoms with Gasteiger partial charge in [-0.15, -0.1) is 0 Å². The number of benzene rings is 2. The second-order valence-corrected chi connectivity index (χ2v) is 8.75. The van der Waals surface area contributed by atoms with Crippen LogP contribution in [-0.4, -0.2) is 52.2 Å². The van der Waals surface area contributed by atoms with Gasteiger partial charge >= 0.3 is 12.1 Å². The van der Waals surface area contributed by atoms with E-state index in [2.05, 4.69) is 27.3 Å². The number of halogens is 3. The monoisotopic (exact) mass is 485 g/mol. The third-order valence-electron chi connectivity index (χ3n) is 6.47. The SMILES string of the molecule is O=C(Nc1ccc2c(c1)CCN(C1CCC1)CC2)c1ccc2ccccc2n1.O=C(O)C(F)(F)F. The predicted octanol–water partition coefficient (Wildman–Crippen LogP) is 5.07. The first-order valence-electron chi connectivity index (χ1n) is 11.5. The molecule has 9 heteroatoms. The predicted molar refractivity (Wildman–Crippen MR) is 126 cm³/mol. The molecule has 2 N–H and O–H groups in total. The highest BCUT2D eigenvalue weighted by Crippen LogP contribution is 2.28. The fraction of sp³-hybridized carbons (Fsp3) is 0.346. The highest BCUT2D eigenvalue weighted by Gasteiger charge is 2.38. The number of hydrogen-bond acceptors (Lipinski definition) is 4. The zero-order chi connectivity index (χ0) is 25.0. The largest absolute Gasteiger partial charge is 0.490 e. The summed E-state index contributed by atoms with van der Waals surface area (Å²) >= 11 is 0. The summed E-state index contributed by atoms with van der Waals surface area (Å²) in [6.07, 6.45) is 1.18. The maximum atomic E-state index is 12.7. The van der Waals surface area contributed by atoms with Crippen molar-refractivity contribution in [3.63, 3.8) is 0 Å². The number of alkyl halides is 3. The lowest BCUT2D eigenvalue weighted by Crippen LogP contribution is -2.41. The molecule has 0 radical (unpaired) electrons. The maximum absolute atomic E-state index is 12.7. The van der Waals surface area contributed by atoms with Crippen molar-refractivity contribution in [3.8, 4) is 0 Å². The Balaban J connectivity index is 0.000000364. The van der Waals surface area contributed by atoms with Crippen LogP contribution in [0, 0.1) is 0 Å². The molecule has 1 aliphatic heterocycles. The third kappa shape index (κ3) is 6.16. The molecule has 6 nitrogen and oxygen atoms in total. The smallest absolute Gasteiger partial charge is 0.475 e. The Morgan fingerprint density at radius 3 is 2.31 bits per heavy atom. The molecule has 5 rings (SSSR count). The van der Waals surface area contributed by atoms with Crippen molar-refractivity contribution in [2.45, 2.75) is 44.3 Å². The number of aromatic nitrogens is 1. The van der Waals surface area contributed by atoms with Gasteiger partial charge in [-0.1, -0.05) is 36.8 Å². The van der Waals surface area contributed by atoms with E-state index in [9.17, 15) is 18.0 Å². The van der Waals surface area contributed by atoms with Gasteiger partial charge in [0, 0.05) is 30.2 Å². The number of carboxylic acid groups (broad SMARTS) is 1. The van der Waals surface area contributed by atoms with Gasteiger partial charge in [0.15, 0.2) is 0 Å². The minimum absolute atomic E-state index is 0.157. The van der Waals surface area contributed by atoms with Crippen LogP contribution >= 0.6 is 0 Å². The fourth-order valence-electron chi connectivity index (χ4n) is 4.32. The molecular weight excluding hydrogens is 459 g/mol. The summed E-state index contributed by atoms with van der Waals surface area (Å²) in [6.45, 7) is 2.28. The number of fused-ring (bicyclic) bond motifs is 2. The molecule has 2 aliphatic rings. The Hall–Kier alpha value is -3.46. The summed E-state index contributed by atoms with van der Waals surface area (Å²) in [7, 11) is 0. The van der Waals surface area contributed by atoms with E-state index < -0.39 is 12.1 Å². The molecule has 184 valence electrons. The Kier molecular flexibility index (Phi) is 7.35. The fourth-order valence-corrected chi connectivity index (χ4v) is 4.32. The summed E-state index contributed by atoms with van der Waals surface area (Å²) < 4.78 is 31.7. The van der Waals surface area contributed by atoms with Crippen molar-refractivity contribution in [1.82, 2.24) is 9.88 Å². The van der Waals surface area contributed by atoms with Crippen LogP contribution in [0.1, 0.15) is 40.9 Å². The molecule has 1 fully saturated rings. The maximum Gasteiger partial charge on any atom is 0.490 e. The zero-order valence-electron chi connectivity index (χ0n) is 19.0. The number of carbonyl (C=O) groups excluding carboxylic acids is 1. The molecule has 0 atom stereocenters. The van der Waals surface area contributed by atoms with Crippen molar-refractivity contribution in [2.24, 2.45) is 0 Å². The van der Waals surface area contributed by atoms with Crippen LogP contribution in [-0.2, 0) is 17.6 Å². The van der Waals surface area contributed by atoms with Crippen LogP contribution in [0.5, 0.6) is 0 Å². The average Bonchev–Trinajstić information content (AvgIpc) is 3.00. The van der Waals surface area contributed by atoms with Crippen molar-refractivity contribution in [2.75, 3.05) is 18.4 Å². The van der Waals surface area contributed by atoms with Crippen molar-refractivity contribution < 1.29 is 27.9 Å². The van der Waals surface area contributed by atoms with E-state index in [1.165, 1.54) is 30.4 Å². The second kappa shape index (κ2) is 10.4. The van der Waals surface area contributed by atoms with Gasteiger partial charge in [-0.05, 0) is 61.1 Å². The molecule has 0 bridgehead atoms. The number of aliphatic carboxylic acids is 1. The molecule has 3 aromatic rings. The third-order valence-corrected chi connectivity index (χ3v) is 6.47. The van der Waals surface area contributed by atoms with Crippen LogP contribution in [0.3, 0.4) is 0 Å². The first kappa shape index (κ1) is 24.7. The topological polar surface area (TPSA) is 82.5 Å². The minimum atomic E-state index is -5.08. The van der Waals surface area contributed by atoms with Gasteiger partial charge in [-0.25, -0.2) is 9.78 Å². The van der Waals surface area contributed by atoms with Gasteiger partial charge in [0.1, 0.15) is 5.69 Å². The van der Waals surface area contributed by atoms with E-state index in [1.807, 2.05) is 36.4 Å². The van der Waals surface area contributed by atoms with Crippen molar-refractivity contribution >= 4 is 28.5 Å². The molecule has 0 spiro atoms. The number of amides is 1. The molecule has 0 saturated heterocycles. The second-order valence-electron chi connectivity index (χ2n) is 8.75. The normalized spacial score (nSPS) is 16.3. The van der Waals surface area contributed by atoms with Gasteiger partial charge in [0.2, 0.25) is 0 Å². The summed E-state index contributed by atoms with van der Waals surface area (Å²) in [5.74, 6) is -2.91. The number of hydrogen-bond donors (Lipinski definition) is 2. The molecule has 1 saturated carbocycles. The summed E-state index contributed by atoms with van der Waals surface area (Å²) in [5.41, 5.74) is 4.93. The Morgan fingerprint density at radius 1 is 0.971 bits per heavy atom. The average molecular weight is 486 g/mol. The Morgan fingerprint density at radius 2 is 1.66 bits per heavy atom. The van der Waals surface area contributed by atoms with E-state index in [4.69, 9.17) is 9.90 Å². The molecule has 35 heavy (non-hydrogen) atoms. The van der Waals surface area contributed by atoms with Crippen LogP contribution in [0.15, 0.2) is 54.6 Å². The van der Waals surface area contributed by atoms with Crippen LogP contribution in [0.2, 0.25) is 0 Å². The van der Waals surface area contributed by atoms with Crippen LogP contribution in [0.4, 0.5) is 18.9 Å². The van der Waals surface area contributed by atoms with E-state index in [0.29, 0.717) is 5.69 Å². The number of carboxylic acids is 1. The Bertz CT molecular complexity index is 1230. The van der Waals surface area contributed by atoms with Crippen molar-refractivity contribution in [3.05, 3.63) is 71.4 Å². The van der Waals surface area contributed by atoms with Gasteiger partial charge in [0.25, 0.3) is 5.91 Å². The van der Waals surface area contributed by atoms with E-state index in [-0.39, 0.29) is 5.91 Å². The summed E-state index contributed by atoms with van der Waals surface area (Å²) in [6, 6.07) is 18.7. The van der Waals surface area contributed by atoms with Gasteiger partial charge in [0.05, 0.1) is 5.52 Å². The molecule has 1 amide bonds. The lowest BCUT2D eigenvalue weighted by atomic mass is 9.91. The number of anilines is 1. The zero-order valence-corrected chi connectivity index (χ0v) is 19.0. The highest BCUT2D eigenvalue weighted by atomic mass is 19.4. The van der Waals surface area contributed by atoms with Gasteiger partial charge in [-0.3, -0.25) is 9.69 Å². The summed E-state index contributed by atoms with van der Waals surface area (Å²) in [4.78, 5) is 28.7. The lowest BCUT2D eigenvalue weighted by molar-refractivity contribution is -0.192. The number of pyridine rings is 1.